The molecule has 0 atom stereocenters. The molecule has 0 radical (unpaired) electrons. The molecule has 0 fully saturated rings. The van der Waals surface area contributed by atoms with Gasteiger partial charge in [0.2, 0.25) is 5.69 Å². The zero-order valence-electron chi connectivity index (χ0n) is 18.5. The fourth-order valence-electron chi connectivity index (χ4n) is 4.27. The standard InChI is InChI=1S/C30H22N4/c1-3-7-27-25(5-1)23(19-33-27)11-9-21-13-15-31-29(17-21)30-18-22(14-16-32-30)10-12-24-20-34-28-8-4-2-6-26(24)28/h1-20,33-34H/p+1/b11-9+,12-10+. The van der Waals surface area contributed by atoms with Gasteiger partial charge in [0.25, 0.3) is 0 Å². The van der Waals surface area contributed by atoms with Gasteiger partial charge in [-0.1, -0.05) is 60.7 Å². The van der Waals surface area contributed by atoms with Gasteiger partial charge in [0.1, 0.15) is 5.69 Å². The van der Waals surface area contributed by atoms with Gasteiger partial charge < -0.3 is 9.97 Å². The van der Waals surface area contributed by atoms with Crippen LogP contribution in [0.1, 0.15) is 22.3 Å². The highest BCUT2D eigenvalue weighted by Gasteiger charge is 2.08. The van der Waals surface area contributed by atoms with Crippen LogP contribution in [-0.4, -0.2) is 15.0 Å². The number of fused-ring (bicyclic) bond motifs is 2. The summed E-state index contributed by atoms with van der Waals surface area (Å²) in [4.78, 5) is 14.6. The monoisotopic (exact) mass is 439 g/mol. The maximum absolute atomic E-state index is 4.60. The van der Waals surface area contributed by atoms with Crippen LogP contribution in [-0.2, 0) is 0 Å². The Balaban J connectivity index is 1.26. The Kier molecular flexibility index (Phi) is 5.09. The molecule has 0 unspecified atom stereocenters. The summed E-state index contributed by atoms with van der Waals surface area (Å²) in [6, 6.07) is 25.0. The summed E-state index contributed by atoms with van der Waals surface area (Å²) in [5, 5.41) is 2.44. The van der Waals surface area contributed by atoms with Gasteiger partial charge in [-0.05, 0) is 46.5 Å². The number of aromatic amines is 3. The maximum Gasteiger partial charge on any atom is 0.230 e. The lowest BCUT2D eigenvalue weighted by Crippen LogP contribution is -2.06. The molecule has 4 heterocycles. The third kappa shape index (κ3) is 3.93. The molecule has 4 heteroatoms. The van der Waals surface area contributed by atoms with Crippen LogP contribution >= 0.6 is 0 Å². The van der Waals surface area contributed by atoms with E-state index in [1.54, 1.807) is 0 Å². The van der Waals surface area contributed by atoms with Gasteiger partial charge in [0.05, 0.1) is 0 Å². The van der Waals surface area contributed by atoms with Gasteiger partial charge in [0.15, 0.2) is 6.20 Å². The van der Waals surface area contributed by atoms with E-state index in [2.05, 4.69) is 98.8 Å². The van der Waals surface area contributed by atoms with Crippen LogP contribution in [0.25, 0.3) is 57.5 Å². The molecule has 0 saturated heterocycles. The molecule has 34 heavy (non-hydrogen) atoms. The van der Waals surface area contributed by atoms with E-state index in [-0.39, 0.29) is 0 Å². The zero-order chi connectivity index (χ0) is 22.7. The fraction of sp³-hybridized carbons (Fsp3) is 0. The van der Waals surface area contributed by atoms with Crippen molar-refractivity contribution in [3.63, 3.8) is 0 Å². The molecule has 2 aromatic carbocycles. The van der Waals surface area contributed by atoms with Crippen LogP contribution in [0.4, 0.5) is 0 Å². The minimum absolute atomic E-state index is 0.906. The normalized spacial score (nSPS) is 11.9. The molecule has 0 bridgehead atoms. The van der Waals surface area contributed by atoms with Crippen molar-refractivity contribution >= 4 is 46.1 Å². The minimum Gasteiger partial charge on any atom is -0.361 e. The number of hydrogen-bond acceptors (Lipinski definition) is 1. The first kappa shape index (κ1) is 19.9. The van der Waals surface area contributed by atoms with Crippen molar-refractivity contribution in [3.8, 4) is 11.4 Å². The Morgan fingerprint density at radius 2 is 1.26 bits per heavy atom. The molecule has 4 aromatic heterocycles. The lowest BCUT2D eigenvalue weighted by Gasteiger charge is -1.99. The molecule has 0 spiro atoms. The van der Waals surface area contributed by atoms with E-state index in [0.717, 1.165) is 33.5 Å². The molecular weight excluding hydrogens is 416 g/mol. The molecule has 0 aliphatic rings. The first-order chi connectivity index (χ1) is 16.8. The second-order valence-corrected chi connectivity index (χ2v) is 8.26. The lowest BCUT2D eigenvalue weighted by molar-refractivity contribution is -0.364. The van der Waals surface area contributed by atoms with Crippen LogP contribution in [0.2, 0.25) is 0 Å². The van der Waals surface area contributed by atoms with E-state index in [0.29, 0.717) is 0 Å². The van der Waals surface area contributed by atoms with Crippen LogP contribution in [0.3, 0.4) is 0 Å². The Labute approximate surface area is 197 Å². The summed E-state index contributed by atoms with van der Waals surface area (Å²) in [6.45, 7) is 0. The van der Waals surface area contributed by atoms with Gasteiger partial charge in [-0.2, -0.15) is 0 Å². The summed E-state index contributed by atoms with van der Waals surface area (Å²) in [7, 11) is 0. The van der Waals surface area contributed by atoms with Crippen molar-refractivity contribution in [1.29, 1.82) is 0 Å². The number of aromatic nitrogens is 4. The number of hydrogen-bond donors (Lipinski definition) is 2. The Morgan fingerprint density at radius 3 is 1.94 bits per heavy atom. The quantitative estimate of drug-likeness (QED) is 0.303. The predicted octanol–water partition coefficient (Wildman–Crippen LogP) is 6.87. The molecule has 4 nitrogen and oxygen atoms in total. The van der Waals surface area contributed by atoms with Crippen molar-refractivity contribution in [2.75, 3.05) is 0 Å². The molecular formula is C30H23N4+. The first-order valence-corrected chi connectivity index (χ1v) is 11.3. The number of nitrogens with zero attached hydrogens (tertiary/aromatic N) is 1. The molecule has 6 aromatic rings. The van der Waals surface area contributed by atoms with Gasteiger partial charge in [-0.3, -0.25) is 0 Å². The van der Waals surface area contributed by atoms with E-state index in [9.17, 15) is 0 Å². The number of benzene rings is 2. The van der Waals surface area contributed by atoms with E-state index in [1.807, 2.05) is 43.0 Å². The summed E-state index contributed by atoms with van der Waals surface area (Å²) in [5.74, 6) is 0. The van der Waals surface area contributed by atoms with E-state index >= 15 is 0 Å². The second-order valence-electron chi connectivity index (χ2n) is 8.26. The minimum atomic E-state index is 0.906. The topological polar surface area (TPSA) is 58.6 Å². The SMILES string of the molecule is C(=C\c1c[nH]c2ccccc12)/c1ccnc(-c2cc(/C=C/c3c[nH]c4ccccc34)cc[nH+]2)c1. The van der Waals surface area contributed by atoms with Crippen molar-refractivity contribution < 1.29 is 4.98 Å². The van der Waals surface area contributed by atoms with E-state index < -0.39 is 0 Å². The van der Waals surface area contributed by atoms with Gasteiger partial charge in [-0.25, -0.2) is 9.97 Å². The van der Waals surface area contributed by atoms with Gasteiger partial charge in [-0.15, -0.1) is 0 Å². The van der Waals surface area contributed by atoms with Crippen LogP contribution in [0, 0.1) is 0 Å². The number of H-pyrrole nitrogens is 3. The summed E-state index contributed by atoms with van der Waals surface area (Å²) < 4.78 is 0. The van der Waals surface area contributed by atoms with Crippen molar-refractivity contribution in [2.45, 2.75) is 0 Å². The van der Waals surface area contributed by atoms with Crippen molar-refractivity contribution in [1.82, 2.24) is 15.0 Å². The molecule has 0 amide bonds. The highest BCUT2D eigenvalue weighted by atomic mass is 14.8. The smallest absolute Gasteiger partial charge is 0.230 e. The summed E-state index contributed by atoms with van der Waals surface area (Å²) >= 11 is 0. The molecule has 0 aliphatic carbocycles. The third-order valence-electron chi connectivity index (χ3n) is 6.04. The van der Waals surface area contributed by atoms with Crippen LogP contribution < -0.4 is 4.98 Å². The third-order valence-corrected chi connectivity index (χ3v) is 6.04. The van der Waals surface area contributed by atoms with Gasteiger partial charge in [0, 0.05) is 52.5 Å². The van der Waals surface area contributed by atoms with Crippen molar-refractivity contribution in [3.05, 3.63) is 120 Å². The van der Waals surface area contributed by atoms with Crippen LogP contribution in [0.5, 0.6) is 0 Å². The molecule has 3 N–H and O–H groups in total. The number of pyridine rings is 2. The average molecular weight is 440 g/mol. The Morgan fingerprint density at radius 1 is 0.647 bits per heavy atom. The van der Waals surface area contributed by atoms with Crippen LogP contribution in [0.15, 0.2) is 97.6 Å². The fourth-order valence-corrected chi connectivity index (χ4v) is 4.27. The number of para-hydroxylation sites is 2. The maximum atomic E-state index is 4.60. The number of nitrogens with one attached hydrogen (secondary N) is 3. The summed E-state index contributed by atoms with van der Waals surface area (Å²) in [5.41, 5.74) is 8.73. The molecule has 0 saturated carbocycles. The molecule has 162 valence electrons. The van der Waals surface area contributed by atoms with E-state index in [1.165, 1.54) is 21.9 Å². The lowest BCUT2D eigenvalue weighted by atomic mass is 10.1. The van der Waals surface area contributed by atoms with Gasteiger partial charge >= 0.3 is 0 Å². The highest BCUT2D eigenvalue weighted by Crippen LogP contribution is 2.23. The highest BCUT2D eigenvalue weighted by molar-refractivity contribution is 5.92. The molecule has 0 aliphatic heterocycles. The Bertz CT molecular complexity index is 1540. The first-order valence-electron chi connectivity index (χ1n) is 11.3. The zero-order valence-corrected chi connectivity index (χ0v) is 18.5. The second kappa shape index (κ2) is 8.68. The van der Waals surface area contributed by atoms with Crippen molar-refractivity contribution in [2.24, 2.45) is 0 Å². The van der Waals surface area contributed by atoms with E-state index in [4.69, 9.17) is 0 Å². The largest absolute Gasteiger partial charge is 0.361 e. The predicted molar refractivity (Wildman–Crippen MR) is 141 cm³/mol. The number of rotatable bonds is 5. The average Bonchev–Trinajstić information content (AvgIpc) is 3.51. The summed E-state index contributed by atoms with van der Waals surface area (Å²) in [6.07, 6.45) is 16.4. The molecule has 6 rings (SSSR count). The Hall–Kier alpha value is -4.70.